The summed E-state index contributed by atoms with van der Waals surface area (Å²) < 4.78 is 16.7. The van der Waals surface area contributed by atoms with E-state index in [0.717, 1.165) is 64.2 Å². The van der Waals surface area contributed by atoms with Gasteiger partial charge < -0.3 is 45.1 Å². The summed E-state index contributed by atoms with van der Waals surface area (Å²) in [6.07, 6.45) is 68.4. The molecule has 0 saturated carbocycles. The Bertz CT molecular complexity index is 1500. The summed E-state index contributed by atoms with van der Waals surface area (Å²) in [6.45, 7) is 4.30. The van der Waals surface area contributed by atoms with Crippen molar-refractivity contribution in [1.82, 2.24) is 5.32 Å². The quantitative estimate of drug-likeness (QED) is 0.0195. The fraction of sp³-hybridized carbons (Fsp3) is 0.859. The third kappa shape index (κ3) is 48.8. The number of carbonyl (C=O) groups excluding carboxylic acids is 2. The zero-order valence-corrected chi connectivity index (χ0v) is 53.2. The number of aliphatic hydroxyl groups excluding tert-OH is 5. The molecule has 11 nitrogen and oxygen atoms in total. The highest BCUT2D eigenvalue weighted by atomic mass is 16.7. The van der Waals surface area contributed by atoms with Crippen LogP contribution in [0.2, 0.25) is 0 Å². The lowest BCUT2D eigenvalue weighted by Gasteiger charge is -2.40. The number of hydrogen-bond acceptors (Lipinski definition) is 10. The van der Waals surface area contributed by atoms with Gasteiger partial charge in [-0.1, -0.05) is 287 Å². The van der Waals surface area contributed by atoms with Crippen LogP contribution in [0.5, 0.6) is 0 Å². The zero-order chi connectivity index (χ0) is 59.5. The van der Waals surface area contributed by atoms with E-state index in [2.05, 4.69) is 55.6 Å². The van der Waals surface area contributed by atoms with Crippen LogP contribution in [0.1, 0.15) is 328 Å². The lowest BCUT2D eigenvalue weighted by molar-refractivity contribution is -0.302. The lowest BCUT2D eigenvalue weighted by Crippen LogP contribution is -2.60. The van der Waals surface area contributed by atoms with Crippen molar-refractivity contribution in [3.63, 3.8) is 0 Å². The molecule has 6 N–H and O–H groups in total. The van der Waals surface area contributed by atoms with E-state index in [4.69, 9.17) is 14.2 Å². The largest absolute Gasteiger partial charge is 0.466 e. The number of allylic oxidation sites excluding steroid dienone is 7. The first-order valence-corrected chi connectivity index (χ1v) is 34.9. The van der Waals surface area contributed by atoms with Gasteiger partial charge >= 0.3 is 5.97 Å². The Labute approximate surface area is 504 Å². The van der Waals surface area contributed by atoms with Crippen LogP contribution in [0.3, 0.4) is 0 Å². The summed E-state index contributed by atoms with van der Waals surface area (Å²) in [7, 11) is 0. The van der Waals surface area contributed by atoms with E-state index in [1.54, 1.807) is 6.08 Å². The minimum Gasteiger partial charge on any atom is -0.466 e. The first-order chi connectivity index (χ1) is 40.2. The molecule has 1 amide bonds. The highest BCUT2D eigenvalue weighted by Crippen LogP contribution is 2.23. The van der Waals surface area contributed by atoms with Crippen molar-refractivity contribution in [1.29, 1.82) is 0 Å². The van der Waals surface area contributed by atoms with Crippen LogP contribution in [0.15, 0.2) is 48.6 Å². The zero-order valence-electron chi connectivity index (χ0n) is 53.2. The van der Waals surface area contributed by atoms with E-state index in [1.807, 2.05) is 6.08 Å². The summed E-state index contributed by atoms with van der Waals surface area (Å²) in [6, 6.07) is -0.826. The van der Waals surface area contributed by atoms with Gasteiger partial charge in [0.25, 0.3) is 0 Å². The molecule has 1 aliphatic heterocycles. The summed E-state index contributed by atoms with van der Waals surface area (Å²) in [5.41, 5.74) is 0. The van der Waals surface area contributed by atoms with Crippen LogP contribution in [0, 0.1) is 0 Å². The number of hydrogen-bond donors (Lipinski definition) is 6. The van der Waals surface area contributed by atoms with E-state index in [0.29, 0.717) is 19.4 Å². The van der Waals surface area contributed by atoms with Crippen molar-refractivity contribution in [3.05, 3.63) is 48.6 Å². The maximum Gasteiger partial charge on any atom is 0.305 e. The monoisotopic (exact) mass is 1160 g/mol. The Morgan fingerprint density at radius 1 is 0.451 bits per heavy atom. The van der Waals surface area contributed by atoms with Gasteiger partial charge in [0.1, 0.15) is 24.4 Å². The Kier molecular flexibility index (Phi) is 57.1. The third-order valence-electron chi connectivity index (χ3n) is 16.4. The molecule has 7 atom stereocenters. The van der Waals surface area contributed by atoms with Crippen molar-refractivity contribution in [2.24, 2.45) is 0 Å². The second-order valence-electron chi connectivity index (χ2n) is 24.2. The Morgan fingerprint density at radius 2 is 0.829 bits per heavy atom. The van der Waals surface area contributed by atoms with E-state index in [9.17, 15) is 35.1 Å². The number of esters is 1. The summed E-state index contributed by atoms with van der Waals surface area (Å²) in [5, 5.41) is 54.2. The van der Waals surface area contributed by atoms with Crippen LogP contribution >= 0.6 is 0 Å². The van der Waals surface area contributed by atoms with Gasteiger partial charge in [0.05, 0.1) is 32.0 Å². The van der Waals surface area contributed by atoms with Crippen LogP contribution < -0.4 is 5.32 Å². The van der Waals surface area contributed by atoms with Crippen molar-refractivity contribution in [2.75, 3.05) is 19.8 Å². The first kappa shape index (κ1) is 77.6. The van der Waals surface area contributed by atoms with Crippen LogP contribution in [-0.2, 0) is 23.8 Å². The molecule has 1 fully saturated rings. The molecule has 7 unspecified atom stereocenters. The van der Waals surface area contributed by atoms with Gasteiger partial charge in [-0.25, -0.2) is 0 Å². The normalized spacial score (nSPS) is 18.5. The van der Waals surface area contributed by atoms with Gasteiger partial charge in [-0.15, -0.1) is 0 Å². The molecule has 82 heavy (non-hydrogen) atoms. The molecule has 0 aromatic carbocycles. The SMILES string of the molecule is CCCCC/C=C/CC/C=C/C(O)C(COC1OC(CO)C(O)C(O)C1O)NC(=O)CCCCCCCCCCCCCCCCC/C=C\C/C=C\CCCCCCCCCCCOC(=O)CCCCCCCCCCCCCCCC. The molecule has 1 rings (SSSR count). The minimum absolute atomic E-state index is 0.00723. The maximum atomic E-state index is 13.0. The van der Waals surface area contributed by atoms with Gasteiger partial charge in [-0.2, -0.15) is 0 Å². The second kappa shape index (κ2) is 60.3. The fourth-order valence-electron chi connectivity index (χ4n) is 10.9. The predicted molar refractivity (Wildman–Crippen MR) is 343 cm³/mol. The van der Waals surface area contributed by atoms with Gasteiger partial charge in [-0.05, 0) is 77.0 Å². The number of amides is 1. The summed E-state index contributed by atoms with van der Waals surface area (Å²) in [5.74, 6) is -0.186. The molecule has 11 heteroatoms. The molecule has 1 saturated heterocycles. The number of carbonyl (C=O) groups is 2. The number of ether oxygens (including phenoxy) is 3. The van der Waals surface area contributed by atoms with Crippen LogP contribution in [-0.4, -0.2) is 100 Å². The molecule has 480 valence electrons. The van der Waals surface area contributed by atoms with Crippen LogP contribution in [0.25, 0.3) is 0 Å². The predicted octanol–water partition coefficient (Wildman–Crippen LogP) is 17.6. The van der Waals surface area contributed by atoms with E-state index < -0.39 is 49.5 Å². The van der Waals surface area contributed by atoms with Gasteiger partial charge in [-0.3, -0.25) is 9.59 Å². The van der Waals surface area contributed by atoms with Crippen LogP contribution in [0.4, 0.5) is 0 Å². The summed E-state index contributed by atoms with van der Waals surface area (Å²) in [4.78, 5) is 25.1. The van der Waals surface area contributed by atoms with Crippen molar-refractivity contribution < 1.29 is 49.3 Å². The Morgan fingerprint density at radius 3 is 1.30 bits per heavy atom. The third-order valence-corrected chi connectivity index (χ3v) is 16.4. The number of nitrogens with one attached hydrogen (secondary N) is 1. The van der Waals surface area contributed by atoms with Gasteiger partial charge in [0.15, 0.2) is 6.29 Å². The number of aliphatic hydroxyl groups is 5. The van der Waals surface area contributed by atoms with E-state index in [1.165, 1.54) is 238 Å². The van der Waals surface area contributed by atoms with E-state index >= 15 is 0 Å². The van der Waals surface area contributed by atoms with Crippen molar-refractivity contribution in [3.8, 4) is 0 Å². The number of rotatable bonds is 61. The first-order valence-electron chi connectivity index (χ1n) is 34.9. The Hall–Kier alpha value is -2.38. The van der Waals surface area contributed by atoms with Crippen molar-refractivity contribution in [2.45, 2.75) is 371 Å². The van der Waals surface area contributed by atoms with Gasteiger partial charge in [0, 0.05) is 12.8 Å². The Balaban J connectivity index is 1.93. The molecular formula is C71H131NO10. The highest BCUT2D eigenvalue weighted by Gasteiger charge is 2.44. The lowest BCUT2D eigenvalue weighted by atomic mass is 9.99. The maximum absolute atomic E-state index is 13.0. The molecule has 0 aliphatic carbocycles. The molecule has 0 bridgehead atoms. The fourth-order valence-corrected chi connectivity index (χ4v) is 10.9. The average molecular weight is 1160 g/mol. The molecule has 1 aliphatic rings. The average Bonchev–Trinajstić information content (AvgIpc) is 3.58. The molecule has 0 aromatic heterocycles. The molecule has 0 radical (unpaired) electrons. The second-order valence-corrected chi connectivity index (χ2v) is 24.2. The standard InChI is InChI=1S/C71H131NO10/c1-3-5-7-9-11-13-14-15-36-39-43-47-51-55-59-67(76)80-60-56-52-48-44-40-37-34-32-30-28-26-24-22-20-18-16-17-19-21-23-25-27-29-31-33-35-38-42-46-50-54-58-66(75)72-63(64(74)57-53-49-45-41-12-10-8-6-4-2)62-81-71-70(79)69(78)68(77)65(61-73)82-71/h12,18,20,24,26,41,53,57,63-65,68-71,73-74,77-79H,3-11,13-17,19,21-23,25,27-40,42-52,54-56,58-62H2,1-2H3,(H,72,75)/b20-18-,26-24-,41-12+,57-53+. The summed E-state index contributed by atoms with van der Waals surface area (Å²) >= 11 is 0. The topological polar surface area (TPSA) is 175 Å². The molecular weight excluding hydrogens is 1030 g/mol. The van der Waals surface area contributed by atoms with E-state index in [-0.39, 0.29) is 18.5 Å². The minimum atomic E-state index is -1.58. The number of unbranched alkanes of at least 4 members (excludes halogenated alkanes) is 41. The highest BCUT2D eigenvalue weighted by molar-refractivity contribution is 5.76. The molecule has 0 spiro atoms. The smallest absolute Gasteiger partial charge is 0.305 e. The molecule has 0 aromatic rings. The molecule has 1 heterocycles. The van der Waals surface area contributed by atoms with Gasteiger partial charge in [0.2, 0.25) is 5.91 Å². The van der Waals surface area contributed by atoms with Crippen molar-refractivity contribution >= 4 is 11.9 Å².